The van der Waals surface area contributed by atoms with E-state index in [2.05, 4.69) is 11.1 Å². The maximum absolute atomic E-state index is 10.8. The van der Waals surface area contributed by atoms with Gasteiger partial charge in [0.05, 0.1) is 0 Å². The average molecular weight is 199 g/mol. The van der Waals surface area contributed by atoms with Gasteiger partial charge in [-0.2, -0.15) is 0 Å². The van der Waals surface area contributed by atoms with E-state index < -0.39 is 0 Å². The quantitative estimate of drug-likeness (QED) is 0.685. The molecule has 0 amide bonds. The molecule has 0 N–H and O–H groups in total. The van der Waals surface area contributed by atoms with Crippen molar-refractivity contribution < 1.29 is 4.79 Å². The monoisotopic (exact) mass is 199 g/mol. The minimum absolute atomic E-state index is 0.328. The third-order valence-corrected chi connectivity index (χ3v) is 2.67. The molecule has 1 aliphatic carbocycles. The van der Waals surface area contributed by atoms with E-state index in [1.165, 1.54) is 0 Å². The lowest BCUT2D eigenvalue weighted by Gasteiger charge is -2.21. The smallest absolute Gasteiger partial charge is 0.129 e. The summed E-state index contributed by atoms with van der Waals surface area (Å²) in [6.07, 6.45) is 11.4. The van der Waals surface area contributed by atoms with Crippen LogP contribution in [0.15, 0.2) is 42.8 Å². The summed E-state index contributed by atoms with van der Waals surface area (Å²) in [5, 5.41) is 0. The Balaban J connectivity index is 2.24. The fourth-order valence-electron chi connectivity index (χ4n) is 1.58. The van der Waals surface area contributed by atoms with Crippen LogP contribution in [0.5, 0.6) is 0 Å². The molecule has 15 heavy (non-hydrogen) atoms. The molecule has 0 radical (unpaired) electrons. The highest BCUT2D eigenvalue weighted by Gasteiger charge is 2.21. The zero-order chi connectivity index (χ0) is 10.7. The summed E-state index contributed by atoms with van der Waals surface area (Å²) in [4.78, 5) is 14.9. The molecule has 2 heteroatoms. The minimum Gasteiger partial charge on any atom is -0.302 e. The van der Waals surface area contributed by atoms with Crippen molar-refractivity contribution in [2.24, 2.45) is 5.41 Å². The first-order chi connectivity index (χ1) is 7.23. The first-order valence-corrected chi connectivity index (χ1v) is 5.00. The topological polar surface area (TPSA) is 30.0 Å². The number of aldehydes is 1. The maximum atomic E-state index is 10.8. The number of hydrogen-bond acceptors (Lipinski definition) is 2. The molecule has 0 bridgehead atoms. The molecule has 0 aromatic carbocycles. The van der Waals surface area contributed by atoms with Gasteiger partial charge in [0.15, 0.2) is 0 Å². The molecular weight excluding hydrogens is 186 g/mol. The fourth-order valence-corrected chi connectivity index (χ4v) is 1.58. The van der Waals surface area contributed by atoms with E-state index >= 15 is 0 Å². The second-order valence-electron chi connectivity index (χ2n) is 4.06. The molecule has 0 spiro atoms. The molecule has 1 unspecified atom stereocenters. The second kappa shape index (κ2) is 3.81. The maximum Gasteiger partial charge on any atom is 0.129 e. The van der Waals surface area contributed by atoms with Crippen molar-refractivity contribution in [2.75, 3.05) is 0 Å². The molecule has 1 heterocycles. The molecule has 0 fully saturated rings. The Labute approximate surface area is 89.3 Å². The first kappa shape index (κ1) is 9.84. The van der Waals surface area contributed by atoms with Crippen LogP contribution in [-0.4, -0.2) is 11.3 Å². The van der Waals surface area contributed by atoms with Crippen LogP contribution in [0.2, 0.25) is 0 Å². The lowest BCUT2D eigenvalue weighted by molar-refractivity contribution is -0.113. The van der Waals surface area contributed by atoms with Gasteiger partial charge in [-0.1, -0.05) is 24.3 Å². The van der Waals surface area contributed by atoms with Gasteiger partial charge in [0.25, 0.3) is 0 Å². The van der Waals surface area contributed by atoms with Gasteiger partial charge >= 0.3 is 0 Å². The normalized spacial score (nSPS) is 24.7. The Kier molecular flexibility index (Phi) is 2.50. The summed E-state index contributed by atoms with van der Waals surface area (Å²) >= 11 is 0. The summed E-state index contributed by atoms with van der Waals surface area (Å²) < 4.78 is 0. The highest BCUT2D eigenvalue weighted by molar-refractivity contribution is 5.77. The number of allylic oxidation sites excluding steroid dienone is 4. The van der Waals surface area contributed by atoms with E-state index in [9.17, 15) is 4.79 Å². The van der Waals surface area contributed by atoms with Crippen LogP contribution in [0.25, 0.3) is 5.57 Å². The third-order valence-electron chi connectivity index (χ3n) is 2.67. The number of carbonyl (C=O) groups excluding carboxylic acids is 1. The van der Waals surface area contributed by atoms with Gasteiger partial charge in [-0.25, -0.2) is 0 Å². The van der Waals surface area contributed by atoms with Gasteiger partial charge in [-0.15, -0.1) is 0 Å². The summed E-state index contributed by atoms with van der Waals surface area (Å²) in [5.41, 5.74) is 1.91. The minimum atomic E-state index is -0.328. The summed E-state index contributed by atoms with van der Waals surface area (Å²) in [7, 11) is 0. The van der Waals surface area contributed by atoms with E-state index in [1.54, 1.807) is 6.20 Å². The van der Waals surface area contributed by atoms with Gasteiger partial charge in [-0.3, -0.25) is 4.98 Å². The summed E-state index contributed by atoms with van der Waals surface area (Å²) in [6, 6.07) is 3.93. The van der Waals surface area contributed by atoms with Crippen LogP contribution in [0, 0.1) is 5.41 Å². The van der Waals surface area contributed by atoms with Crippen molar-refractivity contribution in [3.63, 3.8) is 0 Å². The van der Waals surface area contributed by atoms with Crippen molar-refractivity contribution in [3.8, 4) is 0 Å². The van der Waals surface area contributed by atoms with Crippen LogP contribution in [0.1, 0.15) is 18.9 Å². The van der Waals surface area contributed by atoms with Crippen molar-refractivity contribution in [3.05, 3.63) is 48.3 Å². The van der Waals surface area contributed by atoms with Crippen LogP contribution < -0.4 is 0 Å². The first-order valence-electron chi connectivity index (χ1n) is 5.00. The van der Waals surface area contributed by atoms with E-state index in [-0.39, 0.29) is 5.41 Å². The van der Waals surface area contributed by atoms with Gasteiger partial charge in [0, 0.05) is 17.8 Å². The van der Waals surface area contributed by atoms with E-state index in [1.807, 2.05) is 37.4 Å². The molecule has 1 atom stereocenters. The molecule has 2 rings (SSSR count). The molecule has 0 saturated heterocycles. The number of aromatic nitrogens is 1. The zero-order valence-electron chi connectivity index (χ0n) is 8.68. The van der Waals surface area contributed by atoms with Gasteiger partial charge in [0.1, 0.15) is 6.29 Å². The molecular formula is C13H13NO. The van der Waals surface area contributed by atoms with E-state index in [0.717, 1.165) is 23.8 Å². The highest BCUT2D eigenvalue weighted by Crippen LogP contribution is 2.30. The van der Waals surface area contributed by atoms with Crippen molar-refractivity contribution in [1.29, 1.82) is 0 Å². The lowest BCUT2D eigenvalue weighted by Crippen LogP contribution is -2.15. The standard InChI is InChI=1S/C13H13NO/c1-13(10-15)6-4-11(5-7-13)12-3-2-8-14-9-12/h2-6,8-10H,7H2,1H3. The van der Waals surface area contributed by atoms with Crippen molar-refractivity contribution >= 4 is 11.9 Å². The number of carbonyl (C=O) groups is 1. The molecule has 0 saturated carbocycles. The molecule has 1 aromatic heterocycles. The molecule has 1 aliphatic rings. The predicted molar refractivity (Wildman–Crippen MR) is 60.1 cm³/mol. The highest BCUT2D eigenvalue weighted by atomic mass is 16.1. The summed E-state index contributed by atoms with van der Waals surface area (Å²) in [6.45, 7) is 1.94. The SMILES string of the molecule is CC1(C=O)C=CC(c2cccnc2)=CC1. The molecule has 2 nitrogen and oxygen atoms in total. The van der Waals surface area contributed by atoms with E-state index in [0.29, 0.717) is 0 Å². The Morgan fingerprint density at radius 3 is 2.93 bits per heavy atom. The number of pyridine rings is 1. The zero-order valence-corrected chi connectivity index (χ0v) is 8.68. The van der Waals surface area contributed by atoms with Gasteiger partial charge < -0.3 is 4.79 Å². The number of nitrogens with zero attached hydrogens (tertiary/aromatic N) is 1. The molecule has 0 aliphatic heterocycles. The second-order valence-corrected chi connectivity index (χ2v) is 4.06. The van der Waals surface area contributed by atoms with Crippen LogP contribution >= 0.6 is 0 Å². The van der Waals surface area contributed by atoms with E-state index in [4.69, 9.17) is 0 Å². The third kappa shape index (κ3) is 2.04. The Morgan fingerprint density at radius 1 is 1.53 bits per heavy atom. The molecule has 1 aromatic rings. The van der Waals surface area contributed by atoms with Crippen LogP contribution in [0.4, 0.5) is 0 Å². The average Bonchev–Trinajstić information content (AvgIpc) is 2.31. The van der Waals surface area contributed by atoms with Crippen LogP contribution in [0.3, 0.4) is 0 Å². The predicted octanol–water partition coefficient (Wildman–Crippen LogP) is 2.63. The van der Waals surface area contributed by atoms with Crippen LogP contribution in [-0.2, 0) is 4.79 Å². The number of hydrogen-bond donors (Lipinski definition) is 0. The largest absolute Gasteiger partial charge is 0.302 e. The van der Waals surface area contributed by atoms with Crippen molar-refractivity contribution in [2.45, 2.75) is 13.3 Å². The molecule has 76 valence electrons. The Bertz CT molecular complexity index is 419. The fraction of sp³-hybridized carbons (Fsp3) is 0.231. The Hall–Kier alpha value is -1.70. The van der Waals surface area contributed by atoms with Gasteiger partial charge in [0.2, 0.25) is 0 Å². The lowest BCUT2D eigenvalue weighted by atomic mass is 9.82. The summed E-state index contributed by atoms with van der Waals surface area (Å²) in [5.74, 6) is 0. The number of rotatable bonds is 2. The Morgan fingerprint density at radius 2 is 2.40 bits per heavy atom. The van der Waals surface area contributed by atoms with Gasteiger partial charge in [-0.05, 0) is 30.5 Å². The van der Waals surface area contributed by atoms with Crippen molar-refractivity contribution in [1.82, 2.24) is 4.98 Å².